The van der Waals surface area contributed by atoms with Gasteiger partial charge in [0.25, 0.3) is 5.91 Å². The molecular weight excluding hydrogens is 306 g/mol. The monoisotopic (exact) mass is 320 g/mol. The Morgan fingerprint density at radius 1 is 1.04 bits per heavy atom. The smallest absolute Gasteiger partial charge is 0.272 e. The third-order valence-electron chi connectivity index (χ3n) is 3.01. The van der Waals surface area contributed by atoms with Gasteiger partial charge >= 0.3 is 0 Å². The fourth-order valence-corrected chi connectivity index (χ4v) is 1.83. The predicted molar refractivity (Wildman–Crippen MR) is 78.7 cm³/mol. The minimum Gasteiger partial charge on any atom is -0.497 e. The molecule has 0 aliphatic heterocycles. The number of nitrogens with one attached hydrogen (secondary N) is 2. The number of hydrazine groups is 1. The summed E-state index contributed by atoms with van der Waals surface area (Å²) >= 11 is 0. The van der Waals surface area contributed by atoms with Crippen molar-refractivity contribution < 1.29 is 23.1 Å². The maximum atomic E-state index is 13.7. The van der Waals surface area contributed by atoms with Crippen molar-refractivity contribution in [3.63, 3.8) is 0 Å². The van der Waals surface area contributed by atoms with Crippen LogP contribution in [0.2, 0.25) is 0 Å². The van der Waals surface area contributed by atoms with Crippen LogP contribution in [0.25, 0.3) is 0 Å². The molecule has 0 bridgehead atoms. The van der Waals surface area contributed by atoms with Gasteiger partial charge in [-0.25, -0.2) is 8.78 Å². The Kier molecular flexibility index (Phi) is 5.24. The molecule has 0 spiro atoms. The van der Waals surface area contributed by atoms with Crippen LogP contribution >= 0.6 is 0 Å². The van der Waals surface area contributed by atoms with Gasteiger partial charge in [-0.2, -0.15) is 0 Å². The van der Waals surface area contributed by atoms with Crippen LogP contribution in [0, 0.1) is 11.6 Å². The molecule has 2 aromatic carbocycles. The molecule has 0 heterocycles. The SMILES string of the molecule is COc1ccc(C(=O)NNC(=O)Cc2ccc(F)cc2)c(F)c1. The Bertz CT molecular complexity index is 718. The summed E-state index contributed by atoms with van der Waals surface area (Å²) in [6, 6.07) is 9.12. The first-order valence-electron chi connectivity index (χ1n) is 6.67. The summed E-state index contributed by atoms with van der Waals surface area (Å²) in [5.74, 6) is -2.21. The molecule has 0 unspecified atom stereocenters. The Balaban J connectivity index is 1.91. The average Bonchev–Trinajstić information content (AvgIpc) is 2.54. The van der Waals surface area contributed by atoms with Crippen LogP contribution in [0.4, 0.5) is 8.78 Å². The van der Waals surface area contributed by atoms with Crippen LogP contribution in [0.1, 0.15) is 15.9 Å². The first-order chi connectivity index (χ1) is 11.0. The number of hydrogen-bond donors (Lipinski definition) is 2. The summed E-state index contributed by atoms with van der Waals surface area (Å²) in [6.45, 7) is 0. The van der Waals surface area contributed by atoms with Crippen LogP contribution in [0.15, 0.2) is 42.5 Å². The quantitative estimate of drug-likeness (QED) is 0.847. The van der Waals surface area contributed by atoms with Crippen LogP contribution in [0.3, 0.4) is 0 Å². The fraction of sp³-hybridized carbons (Fsp3) is 0.125. The van der Waals surface area contributed by atoms with Gasteiger partial charge in [-0.3, -0.25) is 20.4 Å². The van der Waals surface area contributed by atoms with Gasteiger partial charge in [0.15, 0.2) is 0 Å². The number of amides is 2. The number of benzene rings is 2. The molecule has 0 atom stereocenters. The lowest BCUT2D eigenvalue weighted by molar-refractivity contribution is -0.121. The summed E-state index contributed by atoms with van der Waals surface area (Å²) in [5.41, 5.74) is 4.63. The zero-order valence-electron chi connectivity index (χ0n) is 12.2. The van der Waals surface area contributed by atoms with Gasteiger partial charge in [0.2, 0.25) is 5.91 Å². The molecule has 2 N–H and O–H groups in total. The molecule has 23 heavy (non-hydrogen) atoms. The Morgan fingerprint density at radius 3 is 2.35 bits per heavy atom. The highest BCUT2D eigenvalue weighted by Crippen LogP contribution is 2.15. The lowest BCUT2D eigenvalue weighted by Crippen LogP contribution is -2.42. The molecule has 5 nitrogen and oxygen atoms in total. The number of hydrogen-bond acceptors (Lipinski definition) is 3. The predicted octanol–water partition coefficient (Wildman–Crippen LogP) is 1.98. The number of carbonyl (C=O) groups excluding carboxylic acids is 2. The second kappa shape index (κ2) is 7.35. The van der Waals surface area contributed by atoms with E-state index in [1.165, 1.54) is 43.5 Å². The molecule has 2 rings (SSSR count). The van der Waals surface area contributed by atoms with Crippen molar-refractivity contribution in [1.29, 1.82) is 0 Å². The van der Waals surface area contributed by atoms with E-state index in [0.29, 0.717) is 5.56 Å². The molecule has 7 heteroatoms. The van der Waals surface area contributed by atoms with Crippen molar-refractivity contribution in [2.75, 3.05) is 7.11 Å². The van der Waals surface area contributed by atoms with Crippen LogP contribution in [0.5, 0.6) is 5.75 Å². The lowest BCUT2D eigenvalue weighted by Gasteiger charge is -2.09. The number of ether oxygens (including phenoxy) is 1. The number of rotatable bonds is 4. The van der Waals surface area contributed by atoms with E-state index in [4.69, 9.17) is 4.74 Å². The highest BCUT2D eigenvalue weighted by Gasteiger charge is 2.13. The molecule has 120 valence electrons. The van der Waals surface area contributed by atoms with Gasteiger partial charge in [-0.05, 0) is 29.8 Å². The van der Waals surface area contributed by atoms with Gasteiger partial charge in [0.05, 0.1) is 19.1 Å². The molecule has 0 saturated heterocycles. The first-order valence-corrected chi connectivity index (χ1v) is 6.67. The number of halogens is 2. The summed E-state index contributed by atoms with van der Waals surface area (Å²) in [7, 11) is 1.38. The third-order valence-corrected chi connectivity index (χ3v) is 3.01. The summed E-state index contributed by atoms with van der Waals surface area (Å²) < 4.78 is 31.3. The van der Waals surface area contributed by atoms with E-state index in [1.807, 2.05) is 0 Å². The number of carbonyl (C=O) groups is 2. The minimum atomic E-state index is -0.794. The summed E-state index contributed by atoms with van der Waals surface area (Å²) in [6.07, 6.45) is -0.0499. The van der Waals surface area contributed by atoms with E-state index >= 15 is 0 Å². The Morgan fingerprint density at radius 2 is 1.74 bits per heavy atom. The topological polar surface area (TPSA) is 67.4 Å². The van der Waals surface area contributed by atoms with E-state index in [-0.39, 0.29) is 17.7 Å². The van der Waals surface area contributed by atoms with Gasteiger partial charge in [0.1, 0.15) is 17.4 Å². The van der Waals surface area contributed by atoms with Crippen molar-refractivity contribution in [2.45, 2.75) is 6.42 Å². The van der Waals surface area contributed by atoms with Crippen LogP contribution in [-0.4, -0.2) is 18.9 Å². The van der Waals surface area contributed by atoms with Crippen molar-refractivity contribution in [3.05, 3.63) is 65.2 Å². The molecule has 0 saturated carbocycles. The number of methoxy groups -OCH3 is 1. The summed E-state index contributed by atoms with van der Waals surface area (Å²) in [5, 5.41) is 0. The van der Waals surface area contributed by atoms with Crippen molar-refractivity contribution >= 4 is 11.8 Å². The second-order valence-electron chi connectivity index (χ2n) is 4.65. The average molecular weight is 320 g/mol. The van der Waals surface area contributed by atoms with Gasteiger partial charge < -0.3 is 4.74 Å². The molecule has 2 aromatic rings. The van der Waals surface area contributed by atoms with Crippen molar-refractivity contribution in [3.8, 4) is 5.75 Å². The fourth-order valence-electron chi connectivity index (χ4n) is 1.83. The van der Waals surface area contributed by atoms with Crippen LogP contribution < -0.4 is 15.6 Å². The van der Waals surface area contributed by atoms with Gasteiger partial charge in [-0.1, -0.05) is 12.1 Å². The lowest BCUT2D eigenvalue weighted by atomic mass is 10.1. The molecule has 0 radical (unpaired) electrons. The molecule has 0 aliphatic rings. The third kappa shape index (κ3) is 4.50. The molecule has 0 fully saturated rings. The Hall–Kier alpha value is -2.96. The Labute approximate surface area is 131 Å². The maximum Gasteiger partial charge on any atom is 0.272 e. The van der Waals surface area contributed by atoms with E-state index in [1.54, 1.807) is 0 Å². The van der Waals surface area contributed by atoms with Crippen molar-refractivity contribution in [1.82, 2.24) is 10.9 Å². The van der Waals surface area contributed by atoms with Gasteiger partial charge in [0, 0.05) is 6.07 Å². The molecular formula is C16H14F2N2O3. The zero-order valence-corrected chi connectivity index (χ0v) is 12.2. The van der Waals surface area contributed by atoms with E-state index in [9.17, 15) is 18.4 Å². The second-order valence-corrected chi connectivity index (χ2v) is 4.65. The zero-order chi connectivity index (χ0) is 16.8. The minimum absolute atomic E-state index is 0.0499. The maximum absolute atomic E-state index is 13.7. The molecule has 2 amide bonds. The first kappa shape index (κ1) is 16.4. The largest absolute Gasteiger partial charge is 0.497 e. The van der Waals surface area contributed by atoms with Gasteiger partial charge in [-0.15, -0.1) is 0 Å². The standard InChI is InChI=1S/C16H14F2N2O3/c1-23-12-6-7-13(14(18)9-12)16(22)20-19-15(21)8-10-2-4-11(17)5-3-10/h2-7,9H,8H2,1H3,(H,19,21)(H,20,22). The van der Waals surface area contributed by atoms with E-state index in [2.05, 4.69) is 10.9 Å². The normalized spacial score (nSPS) is 10.0. The molecule has 0 aromatic heterocycles. The highest BCUT2D eigenvalue weighted by molar-refractivity contribution is 5.95. The summed E-state index contributed by atoms with van der Waals surface area (Å²) in [4.78, 5) is 23.5. The van der Waals surface area contributed by atoms with Crippen molar-refractivity contribution in [2.24, 2.45) is 0 Å². The highest BCUT2D eigenvalue weighted by atomic mass is 19.1. The molecule has 0 aliphatic carbocycles. The van der Waals surface area contributed by atoms with E-state index in [0.717, 1.165) is 6.07 Å². The van der Waals surface area contributed by atoms with Crippen LogP contribution in [-0.2, 0) is 11.2 Å². The van der Waals surface area contributed by atoms with E-state index < -0.39 is 23.4 Å².